The lowest BCUT2D eigenvalue weighted by atomic mass is 10.0. The second kappa shape index (κ2) is 7.63. The van der Waals surface area contributed by atoms with E-state index in [0.29, 0.717) is 13.1 Å². The number of hydrogen-bond donors (Lipinski definition) is 1. The Hall–Kier alpha value is -1.56. The molecule has 0 atom stereocenters. The van der Waals surface area contributed by atoms with Gasteiger partial charge in [0.25, 0.3) is 0 Å². The maximum Gasteiger partial charge on any atom is 0.416 e. The van der Waals surface area contributed by atoms with Crippen LogP contribution in [0.3, 0.4) is 0 Å². The number of carbonyl (C=O) groups excluding carboxylic acids is 1. The summed E-state index contributed by atoms with van der Waals surface area (Å²) in [5.74, 6) is -0.589. The third-order valence-corrected chi connectivity index (χ3v) is 3.50. The number of anilines is 1. The van der Waals surface area contributed by atoms with E-state index < -0.39 is 11.7 Å². The first kappa shape index (κ1) is 18.5. The highest BCUT2D eigenvalue weighted by molar-refractivity contribution is 5.92. The number of nitrogens with zero attached hydrogens (tertiary/aromatic N) is 1. The zero-order valence-corrected chi connectivity index (χ0v) is 13.4. The molecule has 0 spiro atoms. The highest BCUT2D eigenvalue weighted by Gasteiger charge is 2.34. The largest absolute Gasteiger partial charge is 0.416 e. The Bertz CT molecular complexity index is 509. The summed E-state index contributed by atoms with van der Waals surface area (Å²) >= 11 is 0. The van der Waals surface area contributed by atoms with E-state index in [1.54, 1.807) is 13.8 Å². The van der Waals surface area contributed by atoms with Crippen molar-refractivity contribution < 1.29 is 18.0 Å². The van der Waals surface area contributed by atoms with Crippen LogP contribution in [0.5, 0.6) is 0 Å². The molecule has 0 aliphatic heterocycles. The molecule has 3 nitrogen and oxygen atoms in total. The number of nitrogens with one attached hydrogen (secondary N) is 1. The Kier molecular flexibility index (Phi) is 6.41. The van der Waals surface area contributed by atoms with Crippen molar-refractivity contribution >= 4 is 11.6 Å². The second-order valence-electron chi connectivity index (χ2n) is 5.48. The molecular weight excluding hydrogens is 293 g/mol. The average molecular weight is 316 g/mol. The molecule has 0 bridgehead atoms. The van der Waals surface area contributed by atoms with Crippen molar-refractivity contribution in [1.82, 2.24) is 4.90 Å². The van der Waals surface area contributed by atoms with Gasteiger partial charge in [0.1, 0.15) is 0 Å². The van der Waals surface area contributed by atoms with Crippen LogP contribution in [0.15, 0.2) is 18.2 Å². The summed E-state index contributed by atoms with van der Waals surface area (Å²) in [5, 5.41) is 2.51. The van der Waals surface area contributed by atoms with Crippen LogP contribution in [0.2, 0.25) is 0 Å². The topological polar surface area (TPSA) is 32.3 Å². The van der Waals surface area contributed by atoms with Crippen LogP contribution in [0, 0.1) is 5.92 Å². The van der Waals surface area contributed by atoms with Gasteiger partial charge in [-0.15, -0.1) is 0 Å². The van der Waals surface area contributed by atoms with E-state index in [1.807, 2.05) is 18.7 Å². The molecule has 0 unspecified atom stereocenters. The lowest BCUT2D eigenvalue weighted by Crippen LogP contribution is -2.24. The minimum absolute atomic E-state index is 0.175. The summed E-state index contributed by atoms with van der Waals surface area (Å²) in [4.78, 5) is 13.5. The number of benzene rings is 1. The van der Waals surface area contributed by atoms with Crippen molar-refractivity contribution in [1.29, 1.82) is 0 Å². The fourth-order valence-corrected chi connectivity index (χ4v) is 2.03. The molecule has 1 rings (SSSR count). The van der Waals surface area contributed by atoms with Gasteiger partial charge in [0, 0.05) is 18.2 Å². The van der Waals surface area contributed by atoms with Gasteiger partial charge in [-0.2, -0.15) is 13.2 Å². The fourth-order valence-electron chi connectivity index (χ4n) is 2.03. The maximum atomic E-state index is 13.3. The molecule has 6 heteroatoms. The predicted octanol–water partition coefficient (Wildman–Crippen LogP) is 4.14. The normalized spacial score (nSPS) is 12.0. The Balaban J connectivity index is 3.11. The van der Waals surface area contributed by atoms with Gasteiger partial charge in [-0.05, 0) is 30.8 Å². The van der Waals surface area contributed by atoms with Crippen molar-refractivity contribution in [2.75, 3.05) is 18.4 Å². The zero-order valence-electron chi connectivity index (χ0n) is 13.4. The SMILES string of the molecule is CCN(CC)Cc1ccc(NC(=O)C(C)C)cc1C(F)(F)F. The molecule has 0 saturated carbocycles. The van der Waals surface area contributed by atoms with Crippen LogP contribution < -0.4 is 5.32 Å². The van der Waals surface area contributed by atoms with Gasteiger partial charge < -0.3 is 5.32 Å². The first-order valence-corrected chi connectivity index (χ1v) is 7.42. The Morgan fingerprint density at radius 3 is 2.27 bits per heavy atom. The molecule has 0 radical (unpaired) electrons. The van der Waals surface area contributed by atoms with E-state index in [4.69, 9.17) is 0 Å². The first-order valence-electron chi connectivity index (χ1n) is 7.42. The molecule has 1 N–H and O–H groups in total. The minimum atomic E-state index is -4.44. The molecule has 0 aliphatic rings. The number of rotatable bonds is 6. The minimum Gasteiger partial charge on any atom is -0.326 e. The van der Waals surface area contributed by atoms with Crippen LogP contribution in [0.1, 0.15) is 38.8 Å². The molecule has 1 amide bonds. The number of halogens is 3. The van der Waals surface area contributed by atoms with Crippen LogP contribution >= 0.6 is 0 Å². The smallest absolute Gasteiger partial charge is 0.326 e. The van der Waals surface area contributed by atoms with E-state index in [1.165, 1.54) is 12.1 Å². The summed E-state index contributed by atoms with van der Waals surface area (Å²) in [6.07, 6.45) is -4.44. The molecule has 0 fully saturated rings. The quantitative estimate of drug-likeness (QED) is 0.855. The molecule has 0 saturated heterocycles. The van der Waals surface area contributed by atoms with E-state index in [2.05, 4.69) is 5.32 Å². The van der Waals surface area contributed by atoms with Crippen molar-refractivity contribution in [2.45, 2.75) is 40.4 Å². The van der Waals surface area contributed by atoms with Gasteiger partial charge in [0.15, 0.2) is 0 Å². The van der Waals surface area contributed by atoms with Gasteiger partial charge >= 0.3 is 6.18 Å². The summed E-state index contributed by atoms with van der Waals surface area (Å²) in [7, 11) is 0. The Morgan fingerprint density at radius 1 is 1.23 bits per heavy atom. The maximum absolute atomic E-state index is 13.3. The van der Waals surface area contributed by atoms with Crippen LogP contribution in [-0.2, 0) is 17.5 Å². The van der Waals surface area contributed by atoms with Crippen molar-refractivity contribution in [2.24, 2.45) is 5.92 Å². The monoisotopic (exact) mass is 316 g/mol. The molecular formula is C16H23F3N2O. The van der Waals surface area contributed by atoms with E-state index in [9.17, 15) is 18.0 Å². The lowest BCUT2D eigenvalue weighted by Gasteiger charge is -2.22. The van der Waals surface area contributed by atoms with E-state index >= 15 is 0 Å². The standard InChI is InChI=1S/C16H23F3N2O/c1-5-21(6-2)10-12-7-8-13(20-15(22)11(3)4)9-14(12)16(17,18)19/h7-9,11H,5-6,10H2,1-4H3,(H,20,22). The van der Waals surface area contributed by atoms with Gasteiger partial charge in [0.2, 0.25) is 5.91 Å². The molecule has 1 aromatic carbocycles. The molecule has 0 aromatic heterocycles. The van der Waals surface area contributed by atoms with Crippen molar-refractivity contribution in [3.05, 3.63) is 29.3 Å². The third-order valence-electron chi connectivity index (χ3n) is 3.50. The van der Waals surface area contributed by atoms with E-state index in [0.717, 1.165) is 6.07 Å². The second-order valence-corrected chi connectivity index (χ2v) is 5.48. The fraction of sp³-hybridized carbons (Fsp3) is 0.562. The molecule has 0 heterocycles. The summed E-state index contributed by atoms with van der Waals surface area (Å²) in [5.41, 5.74) is -0.297. The van der Waals surface area contributed by atoms with Crippen molar-refractivity contribution in [3.8, 4) is 0 Å². The molecule has 22 heavy (non-hydrogen) atoms. The third kappa shape index (κ3) is 5.02. The van der Waals surface area contributed by atoms with Crippen LogP contribution in [0.25, 0.3) is 0 Å². The van der Waals surface area contributed by atoms with Crippen LogP contribution in [0.4, 0.5) is 18.9 Å². The average Bonchev–Trinajstić information content (AvgIpc) is 2.44. The van der Waals surface area contributed by atoms with Gasteiger partial charge in [-0.25, -0.2) is 0 Å². The van der Waals surface area contributed by atoms with E-state index in [-0.39, 0.29) is 29.6 Å². The lowest BCUT2D eigenvalue weighted by molar-refractivity contribution is -0.138. The van der Waals surface area contributed by atoms with Gasteiger partial charge in [0.05, 0.1) is 5.56 Å². The highest BCUT2D eigenvalue weighted by Crippen LogP contribution is 2.34. The Labute approximate surface area is 129 Å². The zero-order chi connectivity index (χ0) is 16.9. The molecule has 1 aromatic rings. The van der Waals surface area contributed by atoms with Gasteiger partial charge in [-0.1, -0.05) is 33.8 Å². The highest BCUT2D eigenvalue weighted by atomic mass is 19.4. The first-order chi connectivity index (χ1) is 10.2. The Morgan fingerprint density at radius 2 is 1.82 bits per heavy atom. The van der Waals surface area contributed by atoms with Crippen LogP contribution in [-0.4, -0.2) is 23.9 Å². The van der Waals surface area contributed by atoms with Crippen molar-refractivity contribution in [3.63, 3.8) is 0 Å². The predicted molar refractivity (Wildman–Crippen MR) is 81.5 cm³/mol. The number of carbonyl (C=O) groups is 1. The van der Waals surface area contributed by atoms with Gasteiger partial charge in [-0.3, -0.25) is 9.69 Å². The number of hydrogen-bond acceptors (Lipinski definition) is 2. The summed E-state index contributed by atoms with van der Waals surface area (Å²) in [6.45, 7) is 8.80. The molecule has 0 aliphatic carbocycles. The number of amides is 1. The summed E-state index contributed by atoms with van der Waals surface area (Å²) < 4.78 is 39.8. The molecule has 124 valence electrons. The summed E-state index contributed by atoms with van der Waals surface area (Å²) in [6, 6.07) is 3.98. The number of alkyl halides is 3.